The molecule has 0 aliphatic carbocycles. The Labute approximate surface area is 297 Å². The zero-order chi connectivity index (χ0) is 37.1. The molecule has 1 saturated heterocycles. The second kappa shape index (κ2) is 15.1. The monoisotopic (exact) mass is 704 g/mol. The topological polar surface area (TPSA) is 126 Å². The molecule has 13 heteroatoms. The van der Waals surface area contributed by atoms with Crippen molar-refractivity contribution in [1.82, 2.24) is 30.0 Å². The lowest BCUT2D eigenvalue weighted by Gasteiger charge is -2.33. The van der Waals surface area contributed by atoms with Gasteiger partial charge in [0, 0.05) is 69.1 Å². The summed E-state index contributed by atoms with van der Waals surface area (Å²) in [6, 6.07) is 12.6. The fraction of sp³-hybridized carbons (Fsp3) is 0.447. The summed E-state index contributed by atoms with van der Waals surface area (Å²) in [6.07, 6.45) is 3.57. The molecule has 5 rings (SSSR count). The standard InChI is InChI=1S/C38H46F2N6O5/c1-37(2,3)33(34-43-30(27-18-26(39)12-13-29(27)40)23-44(34)20-24-10-8-7-9-11-24)42-19-25-21-45(36(50)51-38(4,5)6)22-28(25)35(49)41-16-17-46-31(47)14-15-32(46)48/h7-15,18,23,25,28,33,42H,16-17,19-22H2,1-6H3,(H,41,49)/t25?,28?,33-/m0/s1. The van der Waals surface area contributed by atoms with Gasteiger partial charge in [-0.25, -0.2) is 18.6 Å². The largest absolute Gasteiger partial charge is 0.444 e. The second-order valence-corrected chi connectivity index (χ2v) is 15.1. The van der Waals surface area contributed by atoms with Crippen molar-refractivity contribution >= 4 is 23.8 Å². The van der Waals surface area contributed by atoms with Crippen LogP contribution in [-0.2, 0) is 25.7 Å². The van der Waals surface area contributed by atoms with E-state index in [1.165, 1.54) is 17.1 Å². The third kappa shape index (κ3) is 9.26. The lowest BCUT2D eigenvalue weighted by atomic mass is 9.85. The van der Waals surface area contributed by atoms with E-state index in [0.29, 0.717) is 18.9 Å². The predicted molar refractivity (Wildman–Crippen MR) is 187 cm³/mol. The Balaban J connectivity index is 1.41. The van der Waals surface area contributed by atoms with Crippen molar-refractivity contribution in [1.29, 1.82) is 0 Å². The number of carbonyl (C=O) groups is 4. The molecule has 0 radical (unpaired) electrons. The number of rotatable bonds is 11. The smallest absolute Gasteiger partial charge is 0.410 e. The lowest BCUT2D eigenvalue weighted by Crippen LogP contribution is -2.44. The van der Waals surface area contributed by atoms with E-state index < -0.39 is 52.5 Å². The highest BCUT2D eigenvalue weighted by Crippen LogP contribution is 2.36. The first kappa shape index (κ1) is 37.3. The van der Waals surface area contributed by atoms with Gasteiger partial charge in [-0.3, -0.25) is 19.3 Å². The molecule has 0 bridgehead atoms. The van der Waals surface area contributed by atoms with E-state index in [4.69, 9.17) is 9.72 Å². The maximum absolute atomic E-state index is 15.0. The second-order valence-electron chi connectivity index (χ2n) is 15.1. The van der Waals surface area contributed by atoms with Crippen molar-refractivity contribution in [2.24, 2.45) is 17.3 Å². The van der Waals surface area contributed by atoms with Gasteiger partial charge in [0.2, 0.25) is 5.91 Å². The Morgan fingerprint density at radius 3 is 2.31 bits per heavy atom. The first-order valence-electron chi connectivity index (χ1n) is 17.1. The Morgan fingerprint density at radius 2 is 1.67 bits per heavy atom. The highest BCUT2D eigenvalue weighted by atomic mass is 19.1. The molecule has 2 aromatic carbocycles. The predicted octanol–water partition coefficient (Wildman–Crippen LogP) is 5.08. The van der Waals surface area contributed by atoms with Gasteiger partial charge in [-0.15, -0.1) is 0 Å². The van der Waals surface area contributed by atoms with Crippen LogP contribution in [0.15, 0.2) is 66.9 Å². The van der Waals surface area contributed by atoms with Crippen LogP contribution < -0.4 is 10.6 Å². The summed E-state index contributed by atoms with van der Waals surface area (Å²) >= 11 is 0. The van der Waals surface area contributed by atoms with E-state index in [-0.39, 0.29) is 49.3 Å². The molecule has 1 aromatic heterocycles. The SMILES string of the molecule is CC(C)(C)OC(=O)N1CC(CN[C@@H](c2nc(-c3cc(F)ccc3F)cn2Cc2ccccc2)C(C)(C)C)C(C(=O)NCCN2C(=O)C=CC2=O)C1. The van der Waals surface area contributed by atoms with Gasteiger partial charge in [0.1, 0.15) is 23.1 Å². The number of hydrogen-bond donors (Lipinski definition) is 2. The van der Waals surface area contributed by atoms with E-state index in [1.54, 1.807) is 27.0 Å². The van der Waals surface area contributed by atoms with E-state index in [1.807, 2.05) is 55.7 Å². The minimum atomic E-state index is -0.736. The van der Waals surface area contributed by atoms with Gasteiger partial charge in [0.15, 0.2) is 0 Å². The van der Waals surface area contributed by atoms with Crippen LogP contribution in [0.5, 0.6) is 0 Å². The van der Waals surface area contributed by atoms with E-state index >= 15 is 0 Å². The molecule has 11 nitrogen and oxygen atoms in total. The van der Waals surface area contributed by atoms with Gasteiger partial charge in [-0.2, -0.15) is 0 Å². The van der Waals surface area contributed by atoms with Crippen LogP contribution in [-0.4, -0.2) is 81.5 Å². The maximum Gasteiger partial charge on any atom is 0.410 e. The number of ether oxygens (including phenoxy) is 1. The average Bonchev–Trinajstić information content (AvgIpc) is 3.75. The molecule has 3 atom stereocenters. The van der Waals surface area contributed by atoms with Crippen molar-refractivity contribution in [2.75, 3.05) is 32.7 Å². The zero-order valence-electron chi connectivity index (χ0n) is 29.9. The lowest BCUT2D eigenvalue weighted by molar-refractivity contribution is -0.137. The van der Waals surface area contributed by atoms with Crippen molar-refractivity contribution in [2.45, 2.75) is 59.7 Å². The summed E-state index contributed by atoms with van der Waals surface area (Å²) in [6.45, 7) is 12.6. The molecule has 4 amide bonds. The molecule has 1 fully saturated rings. The van der Waals surface area contributed by atoms with Crippen LogP contribution in [0.3, 0.4) is 0 Å². The molecule has 2 aliphatic heterocycles. The number of likely N-dealkylation sites (tertiary alicyclic amines) is 1. The summed E-state index contributed by atoms with van der Waals surface area (Å²) in [5.41, 5.74) is 0.142. The molecule has 272 valence electrons. The Morgan fingerprint density at radius 1 is 0.980 bits per heavy atom. The number of amides is 4. The summed E-state index contributed by atoms with van der Waals surface area (Å²) < 4.78 is 36.8. The summed E-state index contributed by atoms with van der Waals surface area (Å²) in [7, 11) is 0. The molecule has 2 unspecified atom stereocenters. The van der Waals surface area contributed by atoms with Gasteiger partial charge < -0.3 is 24.8 Å². The van der Waals surface area contributed by atoms with Crippen LogP contribution in [0, 0.1) is 28.9 Å². The minimum Gasteiger partial charge on any atom is -0.444 e. The number of imide groups is 1. The molecule has 51 heavy (non-hydrogen) atoms. The third-order valence-electron chi connectivity index (χ3n) is 8.88. The van der Waals surface area contributed by atoms with E-state index in [0.717, 1.165) is 28.7 Å². The number of carbonyl (C=O) groups excluding carboxylic acids is 4. The maximum atomic E-state index is 15.0. The summed E-state index contributed by atoms with van der Waals surface area (Å²) in [4.78, 5) is 58.2. The van der Waals surface area contributed by atoms with Gasteiger partial charge in [-0.05, 0) is 49.9 Å². The first-order chi connectivity index (χ1) is 24.0. The van der Waals surface area contributed by atoms with Crippen molar-refractivity contribution in [3.8, 4) is 11.3 Å². The number of benzene rings is 2. The van der Waals surface area contributed by atoms with Crippen molar-refractivity contribution in [3.05, 3.63) is 89.9 Å². The third-order valence-corrected chi connectivity index (χ3v) is 8.88. The molecular weight excluding hydrogens is 658 g/mol. The van der Waals surface area contributed by atoms with Crippen LogP contribution in [0.4, 0.5) is 13.6 Å². The normalized spacial score (nSPS) is 18.4. The van der Waals surface area contributed by atoms with Crippen molar-refractivity contribution in [3.63, 3.8) is 0 Å². The number of halogens is 2. The number of hydrogen-bond acceptors (Lipinski definition) is 7. The highest BCUT2D eigenvalue weighted by molar-refractivity contribution is 6.12. The molecular formula is C38H46F2N6O5. The number of nitrogens with zero attached hydrogens (tertiary/aromatic N) is 4. The van der Waals surface area contributed by atoms with Crippen molar-refractivity contribution < 1.29 is 32.7 Å². The first-order valence-corrected chi connectivity index (χ1v) is 17.1. The van der Waals surface area contributed by atoms with E-state index in [9.17, 15) is 28.0 Å². The fourth-order valence-electron chi connectivity index (χ4n) is 6.37. The summed E-state index contributed by atoms with van der Waals surface area (Å²) in [5.74, 6) is -2.74. The number of imidazole rings is 1. The van der Waals surface area contributed by atoms with Crippen LogP contribution in [0.25, 0.3) is 11.3 Å². The Hall–Kier alpha value is -4.91. The highest BCUT2D eigenvalue weighted by Gasteiger charge is 2.42. The number of nitrogens with one attached hydrogen (secondary N) is 2. The molecule has 0 saturated carbocycles. The average molecular weight is 705 g/mol. The number of aromatic nitrogens is 2. The van der Waals surface area contributed by atoms with Gasteiger partial charge in [0.05, 0.1) is 17.7 Å². The van der Waals surface area contributed by atoms with Gasteiger partial charge in [-0.1, -0.05) is 51.1 Å². The van der Waals surface area contributed by atoms with Gasteiger partial charge in [0.25, 0.3) is 11.8 Å². The molecule has 2 aliphatic rings. The summed E-state index contributed by atoms with van der Waals surface area (Å²) in [5, 5.41) is 6.47. The minimum absolute atomic E-state index is 0.0201. The van der Waals surface area contributed by atoms with E-state index in [2.05, 4.69) is 10.6 Å². The molecule has 2 N–H and O–H groups in total. The quantitative estimate of drug-likeness (QED) is 0.267. The molecule has 0 spiro atoms. The van der Waals surface area contributed by atoms with Gasteiger partial charge >= 0.3 is 6.09 Å². The Bertz CT molecular complexity index is 1780. The molecule has 3 aromatic rings. The Kier molecular flexibility index (Phi) is 11.1. The van der Waals surface area contributed by atoms with Crippen LogP contribution >= 0.6 is 0 Å². The van der Waals surface area contributed by atoms with Crippen LogP contribution in [0.1, 0.15) is 59.0 Å². The fourth-order valence-corrected chi connectivity index (χ4v) is 6.37. The zero-order valence-corrected chi connectivity index (χ0v) is 29.9. The molecule has 3 heterocycles. The van der Waals surface area contributed by atoms with Crippen LogP contribution in [0.2, 0.25) is 0 Å².